The Morgan fingerprint density at radius 3 is 2.62 bits per heavy atom. The summed E-state index contributed by atoms with van der Waals surface area (Å²) in [5.74, 6) is 0.678. The maximum atomic E-state index is 5.42. The Morgan fingerprint density at radius 1 is 1.31 bits per heavy atom. The van der Waals surface area contributed by atoms with Gasteiger partial charge in [0.05, 0.1) is 0 Å². The van der Waals surface area contributed by atoms with Crippen molar-refractivity contribution < 1.29 is 4.74 Å². The third kappa shape index (κ3) is 2.65. The summed E-state index contributed by atoms with van der Waals surface area (Å²) < 4.78 is 6.62. The van der Waals surface area contributed by atoms with E-state index in [9.17, 15) is 0 Å². The van der Waals surface area contributed by atoms with E-state index in [0.29, 0.717) is 12.0 Å². The summed E-state index contributed by atoms with van der Waals surface area (Å²) >= 11 is 3.63. The van der Waals surface area contributed by atoms with Crippen LogP contribution in [0.2, 0.25) is 0 Å². The lowest BCUT2D eigenvalue weighted by atomic mass is 9.87. The minimum atomic E-state index is 0.430. The van der Waals surface area contributed by atoms with Crippen LogP contribution in [0.3, 0.4) is 0 Å². The average Bonchev–Trinajstić information content (AvgIpc) is 2.34. The topological polar surface area (TPSA) is 21.3 Å². The van der Waals surface area contributed by atoms with Gasteiger partial charge in [-0.1, -0.05) is 34.1 Å². The van der Waals surface area contributed by atoms with Gasteiger partial charge in [-0.25, -0.2) is 0 Å². The van der Waals surface area contributed by atoms with Crippen LogP contribution in [-0.2, 0) is 4.74 Å². The molecule has 1 unspecified atom stereocenters. The second-order valence-electron chi connectivity index (χ2n) is 4.24. The minimum absolute atomic E-state index is 0.430. The quantitative estimate of drug-likeness (QED) is 0.920. The highest BCUT2D eigenvalue weighted by molar-refractivity contribution is 9.10. The summed E-state index contributed by atoms with van der Waals surface area (Å²) in [7, 11) is 2.04. The van der Waals surface area contributed by atoms with Gasteiger partial charge in [0.15, 0.2) is 0 Å². The van der Waals surface area contributed by atoms with E-state index < -0.39 is 0 Å². The number of benzene rings is 1. The fourth-order valence-electron chi connectivity index (χ4n) is 2.42. The van der Waals surface area contributed by atoms with Gasteiger partial charge in [0.25, 0.3) is 0 Å². The molecule has 1 atom stereocenters. The Hall–Kier alpha value is -0.380. The molecule has 0 saturated carbocycles. The Labute approximate surface area is 106 Å². The minimum Gasteiger partial charge on any atom is -0.381 e. The molecular weight excluding hydrogens is 266 g/mol. The van der Waals surface area contributed by atoms with Crippen LogP contribution >= 0.6 is 15.9 Å². The fourth-order valence-corrected chi connectivity index (χ4v) is 2.95. The predicted octanol–water partition coefficient (Wildman–Crippen LogP) is 3.14. The van der Waals surface area contributed by atoms with Crippen molar-refractivity contribution in [2.75, 3.05) is 20.3 Å². The van der Waals surface area contributed by atoms with Gasteiger partial charge in [0, 0.05) is 23.7 Å². The van der Waals surface area contributed by atoms with E-state index in [1.165, 1.54) is 10.0 Å². The Morgan fingerprint density at radius 2 is 2.00 bits per heavy atom. The molecule has 88 valence electrons. The van der Waals surface area contributed by atoms with Crippen LogP contribution in [-0.4, -0.2) is 20.3 Å². The number of ether oxygens (including phenoxy) is 1. The van der Waals surface area contributed by atoms with Crippen molar-refractivity contribution in [1.82, 2.24) is 5.32 Å². The van der Waals surface area contributed by atoms with E-state index in [1.54, 1.807) is 0 Å². The molecule has 0 aromatic heterocycles. The normalized spacial score (nSPS) is 19.6. The standard InChI is InChI=1S/C13H18BrNO/c1-15-13(10-6-8-16-9-7-10)11-4-2-3-5-12(11)14/h2-5,10,13,15H,6-9H2,1H3. The van der Waals surface area contributed by atoms with Gasteiger partial charge in [-0.15, -0.1) is 0 Å². The van der Waals surface area contributed by atoms with Gasteiger partial charge in [-0.3, -0.25) is 0 Å². The number of hydrogen-bond acceptors (Lipinski definition) is 2. The van der Waals surface area contributed by atoms with Crippen LogP contribution in [0.5, 0.6) is 0 Å². The van der Waals surface area contributed by atoms with Crippen molar-refractivity contribution in [3.05, 3.63) is 34.3 Å². The summed E-state index contributed by atoms with van der Waals surface area (Å²) in [6.07, 6.45) is 2.29. The van der Waals surface area contributed by atoms with Crippen LogP contribution < -0.4 is 5.32 Å². The van der Waals surface area contributed by atoms with Crippen molar-refractivity contribution in [3.8, 4) is 0 Å². The zero-order chi connectivity index (χ0) is 11.4. The monoisotopic (exact) mass is 283 g/mol. The lowest BCUT2D eigenvalue weighted by Gasteiger charge is -2.31. The second-order valence-corrected chi connectivity index (χ2v) is 5.09. The zero-order valence-electron chi connectivity index (χ0n) is 9.58. The predicted molar refractivity (Wildman–Crippen MR) is 69.5 cm³/mol. The highest BCUT2D eigenvalue weighted by atomic mass is 79.9. The molecule has 1 aliphatic heterocycles. The summed E-state index contributed by atoms with van der Waals surface area (Å²) in [6.45, 7) is 1.79. The first-order chi connectivity index (χ1) is 7.83. The molecule has 1 N–H and O–H groups in total. The summed E-state index contributed by atoms with van der Waals surface area (Å²) in [4.78, 5) is 0. The molecule has 1 aliphatic rings. The van der Waals surface area contributed by atoms with E-state index in [1.807, 2.05) is 7.05 Å². The van der Waals surface area contributed by atoms with Crippen LogP contribution in [0.15, 0.2) is 28.7 Å². The molecule has 0 aliphatic carbocycles. The van der Waals surface area contributed by atoms with Crippen molar-refractivity contribution in [1.29, 1.82) is 0 Å². The molecule has 1 saturated heterocycles. The first-order valence-corrected chi connectivity index (χ1v) is 6.61. The van der Waals surface area contributed by atoms with Crippen molar-refractivity contribution >= 4 is 15.9 Å². The SMILES string of the molecule is CNC(c1ccccc1Br)C1CCOCC1. The number of hydrogen-bond donors (Lipinski definition) is 1. The van der Waals surface area contributed by atoms with Crippen LogP contribution in [0.1, 0.15) is 24.4 Å². The maximum Gasteiger partial charge on any atom is 0.0469 e. The van der Waals surface area contributed by atoms with Gasteiger partial charge in [-0.2, -0.15) is 0 Å². The van der Waals surface area contributed by atoms with E-state index in [0.717, 1.165) is 26.1 Å². The number of nitrogens with one attached hydrogen (secondary N) is 1. The van der Waals surface area contributed by atoms with Crippen LogP contribution in [0.4, 0.5) is 0 Å². The van der Waals surface area contributed by atoms with Gasteiger partial charge >= 0.3 is 0 Å². The van der Waals surface area contributed by atoms with Gasteiger partial charge in [0.2, 0.25) is 0 Å². The van der Waals surface area contributed by atoms with Gasteiger partial charge in [-0.05, 0) is 37.4 Å². The first-order valence-electron chi connectivity index (χ1n) is 5.82. The molecule has 0 radical (unpaired) electrons. The molecule has 1 fully saturated rings. The zero-order valence-corrected chi connectivity index (χ0v) is 11.2. The fraction of sp³-hybridized carbons (Fsp3) is 0.538. The third-order valence-corrected chi connectivity index (χ3v) is 4.01. The maximum absolute atomic E-state index is 5.42. The lowest BCUT2D eigenvalue weighted by molar-refractivity contribution is 0.0545. The average molecular weight is 284 g/mol. The summed E-state index contributed by atoms with van der Waals surface area (Å²) in [6, 6.07) is 8.90. The molecular formula is C13H18BrNO. The van der Waals surface area contributed by atoms with Crippen LogP contribution in [0.25, 0.3) is 0 Å². The van der Waals surface area contributed by atoms with Crippen molar-refractivity contribution in [3.63, 3.8) is 0 Å². The number of rotatable bonds is 3. The lowest BCUT2D eigenvalue weighted by Crippen LogP contribution is -2.30. The molecule has 1 aromatic rings. The molecule has 3 heteroatoms. The van der Waals surface area contributed by atoms with Gasteiger partial charge in [0.1, 0.15) is 0 Å². The van der Waals surface area contributed by atoms with E-state index in [2.05, 4.69) is 45.5 Å². The molecule has 0 bridgehead atoms. The Bertz CT molecular complexity index is 336. The second kappa shape index (κ2) is 5.80. The molecule has 0 spiro atoms. The largest absolute Gasteiger partial charge is 0.381 e. The number of halogens is 1. The van der Waals surface area contributed by atoms with E-state index >= 15 is 0 Å². The molecule has 16 heavy (non-hydrogen) atoms. The van der Waals surface area contributed by atoms with Crippen molar-refractivity contribution in [2.45, 2.75) is 18.9 Å². The molecule has 2 nitrogen and oxygen atoms in total. The highest BCUT2D eigenvalue weighted by Gasteiger charge is 2.25. The first kappa shape index (κ1) is 12.1. The molecule has 1 aromatic carbocycles. The Kier molecular flexibility index (Phi) is 4.38. The van der Waals surface area contributed by atoms with E-state index in [4.69, 9.17) is 4.74 Å². The van der Waals surface area contributed by atoms with E-state index in [-0.39, 0.29) is 0 Å². The third-order valence-electron chi connectivity index (χ3n) is 3.29. The smallest absolute Gasteiger partial charge is 0.0469 e. The van der Waals surface area contributed by atoms with Gasteiger partial charge < -0.3 is 10.1 Å². The molecule has 2 rings (SSSR count). The summed E-state index contributed by atoms with van der Waals surface area (Å²) in [5.41, 5.74) is 1.36. The van der Waals surface area contributed by atoms with Crippen LogP contribution in [0, 0.1) is 5.92 Å². The molecule has 1 heterocycles. The molecule has 0 amide bonds. The Balaban J connectivity index is 2.18. The highest BCUT2D eigenvalue weighted by Crippen LogP contribution is 2.33. The summed E-state index contributed by atoms with van der Waals surface area (Å²) in [5, 5.41) is 3.44. The van der Waals surface area contributed by atoms with Crippen molar-refractivity contribution in [2.24, 2.45) is 5.92 Å².